The lowest BCUT2D eigenvalue weighted by molar-refractivity contribution is -0.422. The Morgan fingerprint density at radius 3 is 2.82 bits per heavy atom. The summed E-state index contributed by atoms with van der Waals surface area (Å²) in [7, 11) is 0. The Kier molecular flexibility index (Phi) is 4.68. The maximum Gasteiger partial charge on any atom is 0.331 e. The van der Waals surface area contributed by atoms with Crippen LogP contribution in [-0.4, -0.2) is 22.6 Å². The molecule has 1 N–H and O–H groups in total. The normalized spacial score (nSPS) is 15.5. The zero-order chi connectivity index (χ0) is 12.8. The molecule has 94 valence electrons. The first kappa shape index (κ1) is 13.2. The predicted octanol–water partition coefficient (Wildman–Crippen LogP) is 2.10. The first-order valence-corrected chi connectivity index (χ1v) is 5.50. The van der Waals surface area contributed by atoms with Gasteiger partial charge in [0.1, 0.15) is 0 Å². The van der Waals surface area contributed by atoms with Crippen molar-refractivity contribution in [3.63, 3.8) is 0 Å². The third-order valence-corrected chi connectivity index (χ3v) is 2.46. The van der Waals surface area contributed by atoms with Gasteiger partial charge in [0.25, 0.3) is 0 Å². The molecule has 0 radical (unpaired) electrons. The molecule has 6 heteroatoms. The van der Waals surface area contributed by atoms with Crippen LogP contribution in [0.15, 0.2) is 23.1 Å². The first-order valence-electron chi connectivity index (χ1n) is 5.50. The van der Waals surface area contributed by atoms with Crippen LogP contribution in [0.25, 0.3) is 0 Å². The summed E-state index contributed by atoms with van der Waals surface area (Å²) in [6.07, 6.45) is 3.40. The second kappa shape index (κ2) is 6.03. The van der Waals surface area contributed by atoms with Crippen LogP contribution >= 0.6 is 0 Å². The number of allylic oxidation sites excluding steroid dienone is 2. The highest BCUT2D eigenvalue weighted by molar-refractivity contribution is 5.87. The molecule has 0 aromatic rings. The summed E-state index contributed by atoms with van der Waals surface area (Å²) in [5.74, 6) is -0.828. The molecule has 17 heavy (non-hydrogen) atoms. The average Bonchev–Trinajstić information content (AvgIpc) is 2.29. The van der Waals surface area contributed by atoms with Gasteiger partial charge < -0.3 is 9.84 Å². The van der Waals surface area contributed by atoms with Gasteiger partial charge in [-0.1, -0.05) is 13.3 Å². The van der Waals surface area contributed by atoms with E-state index in [1.54, 1.807) is 0 Å². The number of hydrogen-bond donors (Lipinski definition) is 1. The fourth-order valence-corrected chi connectivity index (χ4v) is 1.50. The van der Waals surface area contributed by atoms with Crippen molar-refractivity contribution in [3.8, 4) is 0 Å². The van der Waals surface area contributed by atoms with Gasteiger partial charge in [-0.25, -0.2) is 4.79 Å². The quantitative estimate of drug-likeness (QED) is 0.437. The van der Waals surface area contributed by atoms with E-state index in [1.807, 2.05) is 6.92 Å². The summed E-state index contributed by atoms with van der Waals surface area (Å²) >= 11 is 0. The molecule has 0 amide bonds. The minimum atomic E-state index is -1.11. The van der Waals surface area contributed by atoms with Gasteiger partial charge in [-0.05, 0) is 12.8 Å². The van der Waals surface area contributed by atoms with Gasteiger partial charge in [-0.15, -0.1) is 0 Å². The molecule has 0 saturated heterocycles. The fourth-order valence-electron chi connectivity index (χ4n) is 1.50. The van der Waals surface area contributed by atoms with Crippen molar-refractivity contribution in [2.24, 2.45) is 0 Å². The molecular formula is C11H15NO5. The van der Waals surface area contributed by atoms with Crippen LogP contribution < -0.4 is 0 Å². The summed E-state index contributed by atoms with van der Waals surface area (Å²) in [5, 5.41) is 19.6. The number of carbonyl (C=O) groups is 1. The predicted molar refractivity (Wildman–Crippen MR) is 59.8 cm³/mol. The van der Waals surface area contributed by atoms with Crippen molar-refractivity contribution in [3.05, 3.63) is 33.2 Å². The maximum atomic E-state index is 10.8. The second-order valence-electron chi connectivity index (χ2n) is 3.74. The van der Waals surface area contributed by atoms with Crippen LogP contribution in [0, 0.1) is 10.1 Å². The lowest BCUT2D eigenvalue weighted by Crippen LogP contribution is -2.13. The molecule has 0 saturated carbocycles. The zero-order valence-corrected chi connectivity index (χ0v) is 9.64. The molecule has 0 aromatic carbocycles. The Morgan fingerprint density at radius 2 is 2.29 bits per heavy atom. The molecule has 1 rings (SSSR count). The van der Waals surface area contributed by atoms with Crippen LogP contribution in [0.2, 0.25) is 0 Å². The summed E-state index contributed by atoms with van der Waals surface area (Å²) in [5.41, 5.74) is -0.177. The highest BCUT2D eigenvalue weighted by Gasteiger charge is 2.26. The number of carboxylic acid groups (broad SMARTS) is 1. The molecule has 0 atom stereocenters. The van der Waals surface area contributed by atoms with Crippen molar-refractivity contribution in [1.82, 2.24) is 0 Å². The second-order valence-corrected chi connectivity index (χ2v) is 3.74. The van der Waals surface area contributed by atoms with Crippen LogP contribution in [0.4, 0.5) is 0 Å². The lowest BCUT2D eigenvalue weighted by atomic mass is 10.0. The summed E-state index contributed by atoms with van der Waals surface area (Å²) < 4.78 is 5.33. The van der Waals surface area contributed by atoms with Gasteiger partial charge >= 0.3 is 11.7 Å². The summed E-state index contributed by atoms with van der Waals surface area (Å²) in [4.78, 5) is 20.9. The largest absolute Gasteiger partial charge is 0.491 e. The third kappa shape index (κ3) is 3.58. The Hall–Kier alpha value is -1.85. The van der Waals surface area contributed by atoms with E-state index in [0.717, 1.165) is 18.9 Å². The fraction of sp³-hybridized carbons (Fsp3) is 0.545. The van der Waals surface area contributed by atoms with Crippen molar-refractivity contribution >= 4 is 5.97 Å². The van der Waals surface area contributed by atoms with Gasteiger partial charge in [0.2, 0.25) is 0 Å². The Balaban J connectivity index is 2.85. The monoisotopic (exact) mass is 241 g/mol. The first-order chi connectivity index (χ1) is 8.06. The topological polar surface area (TPSA) is 89.7 Å². The van der Waals surface area contributed by atoms with E-state index in [2.05, 4.69) is 0 Å². The number of carboxylic acids is 1. The molecule has 0 unspecified atom stereocenters. The van der Waals surface area contributed by atoms with E-state index >= 15 is 0 Å². The number of rotatable bonds is 6. The van der Waals surface area contributed by atoms with Crippen molar-refractivity contribution in [2.45, 2.75) is 32.6 Å². The molecule has 1 aliphatic rings. The number of aliphatic carboxylic acids is 1. The number of hydrogen-bond acceptors (Lipinski definition) is 4. The van der Waals surface area contributed by atoms with E-state index in [1.165, 1.54) is 0 Å². The van der Waals surface area contributed by atoms with Crippen LogP contribution in [-0.2, 0) is 9.53 Å². The number of unbranched alkanes of at least 4 members (excludes halogenated alkanes) is 1. The van der Waals surface area contributed by atoms with E-state index in [9.17, 15) is 14.9 Å². The highest BCUT2D eigenvalue weighted by atomic mass is 16.6. The van der Waals surface area contributed by atoms with Gasteiger partial charge in [-0.2, -0.15) is 0 Å². The Morgan fingerprint density at radius 1 is 1.59 bits per heavy atom. The number of ether oxygens (including phenoxy) is 1. The molecule has 1 aliphatic carbocycles. The lowest BCUT2D eigenvalue weighted by Gasteiger charge is -2.14. The highest BCUT2D eigenvalue weighted by Crippen LogP contribution is 2.25. The zero-order valence-electron chi connectivity index (χ0n) is 9.64. The Bertz CT molecular complexity index is 383. The van der Waals surface area contributed by atoms with Crippen molar-refractivity contribution < 1.29 is 19.6 Å². The van der Waals surface area contributed by atoms with Crippen LogP contribution in [0.5, 0.6) is 0 Å². The maximum absolute atomic E-state index is 10.8. The molecule has 0 spiro atoms. The van der Waals surface area contributed by atoms with Crippen molar-refractivity contribution in [2.75, 3.05) is 6.61 Å². The van der Waals surface area contributed by atoms with E-state index in [-0.39, 0.29) is 29.9 Å². The minimum Gasteiger partial charge on any atom is -0.491 e. The van der Waals surface area contributed by atoms with E-state index in [4.69, 9.17) is 9.84 Å². The minimum absolute atomic E-state index is 0.0551. The molecule has 0 bridgehead atoms. The summed E-state index contributed by atoms with van der Waals surface area (Å²) in [6, 6.07) is 0. The van der Waals surface area contributed by atoms with Gasteiger partial charge in [0.15, 0.2) is 5.76 Å². The smallest absolute Gasteiger partial charge is 0.331 e. The third-order valence-electron chi connectivity index (χ3n) is 2.46. The number of nitro groups is 1. The average molecular weight is 241 g/mol. The van der Waals surface area contributed by atoms with E-state index < -0.39 is 10.9 Å². The molecule has 6 nitrogen and oxygen atoms in total. The SMILES string of the molecule is CCCCOC1=C([N+](=O)[O-])C=C(C(=O)O)CC1. The molecule has 0 aromatic heterocycles. The molecule has 0 fully saturated rings. The van der Waals surface area contributed by atoms with Crippen LogP contribution in [0.3, 0.4) is 0 Å². The molecular weight excluding hydrogens is 226 g/mol. The van der Waals surface area contributed by atoms with Crippen molar-refractivity contribution in [1.29, 1.82) is 0 Å². The van der Waals surface area contributed by atoms with Crippen LogP contribution in [0.1, 0.15) is 32.6 Å². The standard InChI is InChI=1S/C11H15NO5/c1-2-3-6-17-10-5-4-8(11(13)14)7-9(10)12(15)16/h7H,2-6H2,1H3,(H,13,14). The van der Waals surface area contributed by atoms with Gasteiger partial charge in [0, 0.05) is 18.1 Å². The van der Waals surface area contributed by atoms with Gasteiger partial charge in [-0.3, -0.25) is 10.1 Å². The number of nitrogens with zero attached hydrogens (tertiary/aromatic N) is 1. The molecule has 0 aliphatic heterocycles. The summed E-state index contributed by atoms with van der Waals surface area (Å²) in [6.45, 7) is 2.43. The van der Waals surface area contributed by atoms with Gasteiger partial charge in [0.05, 0.1) is 11.5 Å². The van der Waals surface area contributed by atoms with E-state index in [0.29, 0.717) is 6.61 Å². The Labute approximate surface area is 98.7 Å². The molecule has 0 heterocycles.